The van der Waals surface area contributed by atoms with Crippen molar-refractivity contribution in [3.05, 3.63) is 35.4 Å². The van der Waals surface area contributed by atoms with Gasteiger partial charge in [-0.1, -0.05) is 50.6 Å². The Morgan fingerprint density at radius 3 is 1.88 bits per heavy atom. The third kappa shape index (κ3) is 3.97. The van der Waals surface area contributed by atoms with Crippen LogP contribution in [0.3, 0.4) is 0 Å². The lowest BCUT2D eigenvalue weighted by atomic mass is 9.81. The summed E-state index contributed by atoms with van der Waals surface area (Å²) < 4.78 is 0. The van der Waals surface area contributed by atoms with Gasteiger partial charge in [-0.15, -0.1) is 0 Å². The molecular weight excluding hydrogens is 194 g/mol. The highest BCUT2D eigenvalue weighted by molar-refractivity contribution is 5.27. The molecule has 2 N–H and O–H groups in total. The van der Waals surface area contributed by atoms with Crippen LogP contribution >= 0.6 is 0 Å². The standard InChI is InChI=1S/C15H25N/c1-12-6-8-13(9-7-12)15(5,16)11-10-14(2,3)4/h6-9H,10-11,16H2,1-5H3. The van der Waals surface area contributed by atoms with Crippen LogP contribution in [0, 0.1) is 12.3 Å². The molecule has 0 aromatic heterocycles. The second kappa shape index (κ2) is 4.58. The number of hydrogen-bond donors (Lipinski definition) is 1. The van der Waals surface area contributed by atoms with Crippen LogP contribution in [0.25, 0.3) is 0 Å². The molecule has 0 aliphatic heterocycles. The molecule has 0 aliphatic carbocycles. The number of benzene rings is 1. The summed E-state index contributed by atoms with van der Waals surface area (Å²) in [6.45, 7) is 11.0. The Labute approximate surface area is 100 Å². The van der Waals surface area contributed by atoms with Crippen LogP contribution in [0.1, 0.15) is 51.7 Å². The normalized spacial score (nSPS) is 15.9. The van der Waals surface area contributed by atoms with E-state index in [0.717, 1.165) is 12.8 Å². The second-order valence-corrected chi connectivity index (χ2v) is 6.34. The lowest BCUT2D eigenvalue weighted by molar-refractivity contribution is 0.307. The fraction of sp³-hybridized carbons (Fsp3) is 0.600. The van der Waals surface area contributed by atoms with Crippen molar-refractivity contribution in [1.29, 1.82) is 0 Å². The van der Waals surface area contributed by atoms with Gasteiger partial charge in [-0.05, 0) is 37.7 Å². The third-order valence-corrected chi connectivity index (χ3v) is 3.11. The van der Waals surface area contributed by atoms with Crippen molar-refractivity contribution in [2.45, 2.75) is 53.0 Å². The topological polar surface area (TPSA) is 26.0 Å². The van der Waals surface area contributed by atoms with Gasteiger partial charge < -0.3 is 5.73 Å². The molecule has 1 nitrogen and oxygen atoms in total. The van der Waals surface area contributed by atoms with Crippen molar-refractivity contribution in [3.63, 3.8) is 0 Å². The van der Waals surface area contributed by atoms with E-state index in [1.54, 1.807) is 0 Å². The van der Waals surface area contributed by atoms with Crippen LogP contribution in [0.15, 0.2) is 24.3 Å². The van der Waals surface area contributed by atoms with E-state index >= 15 is 0 Å². The summed E-state index contributed by atoms with van der Waals surface area (Å²) in [5.74, 6) is 0. The Bertz CT molecular complexity index is 327. The van der Waals surface area contributed by atoms with E-state index in [0.29, 0.717) is 5.41 Å². The summed E-state index contributed by atoms with van der Waals surface area (Å²) in [6, 6.07) is 8.57. The maximum Gasteiger partial charge on any atom is 0.0381 e. The molecule has 0 saturated heterocycles. The largest absolute Gasteiger partial charge is 0.322 e. The van der Waals surface area contributed by atoms with E-state index in [4.69, 9.17) is 5.73 Å². The van der Waals surface area contributed by atoms with Crippen LogP contribution in [0.5, 0.6) is 0 Å². The van der Waals surface area contributed by atoms with Crippen molar-refractivity contribution in [3.8, 4) is 0 Å². The molecule has 0 aliphatic rings. The Morgan fingerprint density at radius 2 is 1.44 bits per heavy atom. The lowest BCUT2D eigenvalue weighted by Crippen LogP contribution is -2.34. The van der Waals surface area contributed by atoms with Crippen LogP contribution in [-0.4, -0.2) is 0 Å². The van der Waals surface area contributed by atoms with Gasteiger partial charge in [0.15, 0.2) is 0 Å². The minimum absolute atomic E-state index is 0.207. The maximum atomic E-state index is 6.40. The molecule has 0 saturated carbocycles. The average molecular weight is 219 g/mol. The number of hydrogen-bond acceptors (Lipinski definition) is 1. The quantitative estimate of drug-likeness (QED) is 0.817. The zero-order valence-electron chi connectivity index (χ0n) is 11.3. The summed E-state index contributed by atoms with van der Waals surface area (Å²) in [5, 5.41) is 0. The van der Waals surface area contributed by atoms with Gasteiger partial charge in [-0.3, -0.25) is 0 Å². The average Bonchev–Trinajstić information content (AvgIpc) is 2.15. The molecule has 0 radical (unpaired) electrons. The van der Waals surface area contributed by atoms with E-state index in [1.807, 2.05) is 0 Å². The summed E-state index contributed by atoms with van der Waals surface area (Å²) in [6.07, 6.45) is 2.17. The van der Waals surface area contributed by atoms with E-state index in [1.165, 1.54) is 11.1 Å². The molecule has 0 spiro atoms. The molecule has 16 heavy (non-hydrogen) atoms. The SMILES string of the molecule is Cc1ccc(C(C)(N)CCC(C)(C)C)cc1. The van der Waals surface area contributed by atoms with Gasteiger partial charge >= 0.3 is 0 Å². The van der Waals surface area contributed by atoms with Crippen molar-refractivity contribution in [2.75, 3.05) is 0 Å². The molecule has 0 heterocycles. The van der Waals surface area contributed by atoms with Crippen LogP contribution < -0.4 is 5.73 Å². The maximum absolute atomic E-state index is 6.40. The predicted octanol–water partition coefficient (Wildman–Crippen LogP) is 4.00. The number of aryl methyl sites for hydroxylation is 1. The van der Waals surface area contributed by atoms with Gasteiger partial charge in [0.25, 0.3) is 0 Å². The monoisotopic (exact) mass is 219 g/mol. The summed E-state index contributed by atoms with van der Waals surface area (Å²) in [5.41, 5.74) is 9.07. The Morgan fingerprint density at radius 1 is 0.938 bits per heavy atom. The molecule has 0 fully saturated rings. The van der Waals surface area contributed by atoms with Gasteiger partial charge in [0.2, 0.25) is 0 Å². The minimum Gasteiger partial charge on any atom is -0.322 e. The van der Waals surface area contributed by atoms with Gasteiger partial charge in [0.05, 0.1) is 0 Å². The zero-order valence-corrected chi connectivity index (χ0v) is 11.3. The molecule has 1 aromatic carbocycles. The molecule has 1 atom stereocenters. The van der Waals surface area contributed by atoms with Crippen molar-refractivity contribution >= 4 is 0 Å². The number of nitrogens with two attached hydrogens (primary N) is 1. The minimum atomic E-state index is -0.207. The first kappa shape index (κ1) is 13.2. The molecule has 0 bridgehead atoms. The highest BCUT2D eigenvalue weighted by atomic mass is 14.7. The molecule has 0 amide bonds. The van der Waals surface area contributed by atoms with E-state index in [2.05, 4.69) is 58.9 Å². The lowest BCUT2D eigenvalue weighted by Gasteiger charge is -2.29. The van der Waals surface area contributed by atoms with E-state index < -0.39 is 0 Å². The first-order valence-electron chi connectivity index (χ1n) is 6.07. The van der Waals surface area contributed by atoms with Gasteiger partial charge in [0.1, 0.15) is 0 Å². The predicted molar refractivity (Wildman–Crippen MR) is 71.4 cm³/mol. The molecular formula is C15H25N. The summed E-state index contributed by atoms with van der Waals surface area (Å²) >= 11 is 0. The highest BCUT2D eigenvalue weighted by Crippen LogP contribution is 2.30. The number of rotatable bonds is 3. The van der Waals surface area contributed by atoms with Crippen LogP contribution in [0.4, 0.5) is 0 Å². The van der Waals surface area contributed by atoms with Crippen molar-refractivity contribution in [1.82, 2.24) is 0 Å². The zero-order chi connectivity index (χ0) is 12.4. The Balaban J connectivity index is 2.73. The first-order chi connectivity index (χ1) is 7.21. The molecule has 1 rings (SSSR count). The highest BCUT2D eigenvalue weighted by Gasteiger charge is 2.23. The van der Waals surface area contributed by atoms with Crippen LogP contribution in [-0.2, 0) is 5.54 Å². The fourth-order valence-corrected chi connectivity index (χ4v) is 1.71. The Kier molecular flexibility index (Phi) is 3.80. The first-order valence-corrected chi connectivity index (χ1v) is 6.07. The smallest absolute Gasteiger partial charge is 0.0381 e. The summed E-state index contributed by atoms with van der Waals surface area (Å²) in [4.78, 5) is 0. The van der Waals surface area contributed by atoms with Crippen molar-refractivity contribution < 1.29 is 0 Å². The third-order valence-electron chi connectivity index (χ3n) is 3.11. The van der Waals surface area contributed by atoms with Crippen LogP contribution in [0.2, 0.25) is 0 Å². The second-order valence-electron chi connectivity index (χ2n) is 6.34. The fourth-order valence-electron chi connectivity index (χ4n) is 1.71. The molecule has 90 valence electrons. The molecule has 1 unspecified atom stereocenters. The Hall–Kier alpha value is -0.820. The molecule has 1 heteroatoms. The van der Waals surface area contributed by atoms with Gasteiger partial charge in [-0.25, -0.2) is 0 Å². The molecule has 1 aromatic rings. The van der Waals surface area contributed by atoms with E-state index in [-0.39, 0.29) is 5.54 Å². The van der Waals surface area contributed by atoms with Gasteiger partial charge in [-0.2, -0.15) is 0 Å². The summed E-state index contributed by atoms with van der Waals surface area (Å²) in [7, 11) is 0. The van der Waals surface area contributed by atoms with Crippen molar-refractivity contribution in [2.24, 2.45) is 11.1 Å². The van der Waals surface area contributed by atoms with E-state index in [9.17, 15) is 0 Å². The van der Waals surface area contributed by atoms with Gasteiger partial charge in [0, 0.05) is 5.54 Å².